The Kier molecular flexibility index (Phi) is 5.71. The van der Waals surface area contributed by atoms with Crippen LogP contribution in [-0.4, -0.2) is 33.3 Å². The molecule has 0 atom stereocenters. The van der Waals surface area contributed by atoms with Gasteiger partial charge in [0, 0.05) is 5.56 Å². The number of nitrogens with zero attached hydrogens (tertiary/aromatic N) is 3. The van der Waals surface area contributed by atoms with Crippen molar-refractivity contribution in [3.8, 4) is 22.9 Å². The summed E-state index contributed by atoms with van der Waals surface area (Å²) in [4.78, 5) is 0. The third kappa shape index (κ3) is 4.18. The fraction of sp³-hybridized carbons (Fsp3) is 0.250. The van der Waals surface area contributed by atoms with Crippen molar-refractivity contribution in [1.82, 2.24) is 14.9 Å². The first-order chi connectivity index (χ1) is 13.2. The molecule has 6 nitrogen and oxygen atoms in total. The van der Waals surface area contributed by atoms with Crippen LogP contribution in [0.2, 0.25) is 0 Å². The van der Waals surface area contributed by atoms with Crippen molar-refractivity contribution in [2.75, 3.05) is 7.11 Å². The third-order valence-electron chi connectivity index (χ3n) is 4.25. The van der Waals surface area contributed by atoms with E-state index in [0.29, 0.717) is 20.8 Å². The molecule has 3 rings (SSSR count). The van der Waals surface area contributed by atoms with Crippen LogP contribution in [0.25, 0.3) is 11.4 Å². The number of hydrogen-bond donors (Lipinski definition) is 2. The van der Waals surface area contributed by atoms with Crippen LogP contribution in [0.1, 0.15) is 31.9 Å². The molecule has 0 aliphatic rings. The van der Waals surface area contributed by atoms with E-state index in [-0.39, 0.29) is 11.2 Å². The summed E-state index contributed by atoms with van der Waals surface area (Å²) in [6.07, 6.45) is 1.63. The molecule has 0 spiro atoms. The fourth-order valence-electron chi connectivity index (χ4n) is 2.65. The first-order valence-corrected chi connectivity index (χ1v) is 9.80. The zero-order chi connectivity index (χ0) is 20.5. The molecule has 3 aromatic rings. The minimum Gasteiger partial charge on any atom is -0.503 e. The highest BCUT2D eigenvalue weighted by molar-refractivity contribution is 9.10. The molecular weight excluding hydrogens is 440 g/mol. The van der Waals surface area contributed by atoms with Gasteiger partial charge in [-0.3, -0.25) is 0 Å². The molecule has 0 saturated carbocycles. The Hall–Kier alpha value is -2.45. The average Bonchev–Trinajstić information content (AvgIpc) is 3.02. The lowest BCUT2D eigenvalue weighted by molar-refractivity contribution is 0.372. The summed E-state index contributed by atoms with van der Waals surface area (Å²) in [5.41, 5.74) is 2.95. The normalized spacial score (nSPS) is 11.9. The second kappa shape index (κ2) is 7.89. The molecule has 0 radical (unpaired) electrons. The molecule has 146 valence electrons. The Labute approximate surface area is 177 Å². The first-order valence-electron chi connectivity index (χ1n) is 8.60. The monoisotopic (exact) mass is 460 g/mol. The van der Waals surface area contributed by atoms with Gasteiger partial charge in [0.25, 0.3) is 0 Å². The van der Waals surface area contributed by atoms with Crippen LogP contribution >= 0.6 is 28.1 Å². The van der Waals surface area contributed by atoms with Crippen LogP contribution in [0.3, 0.4) is 0 Å². The molecule has 0 aliphatic carbocycles. The smallest absolute Gasteiger partial charge is 0.216 e. The zero-order valence-electron chi connectivity index (χ0n) is 16.0. The third-order valence-corrected chi connectivity index (χ3v) is 5.12. The molecule has 0 bridgehead atoms. The van der Waals surface area contributed by atoms with Gasteiger partial charge in [-0.1, -0.05) is 45.0 Å². The van der Waals surface area contributed by atoms with Crippen molar-refractivity contribution in [3.63, 3.8) is 0 Å². The second-order valence-electron chi connectivity index (χ2n) is 7.29. The summed E-state index contributed by atoms with van der Waals surface area (Å²) in [6, 6.07) is 11.6. The molecule has 0 unspecified atom stereocenters. The maximum atomic E-state index is 9.94. The molecule has 0 aliphatic heterocycles. The Bertz CT molecular complexity index is 1080. The summed E-state index contributed by atoms with van der Waals surface area (Å²) >= 11 is 8.63. The summed E-state index contributed by atoms with van der Waals surface area (Å²) in [6.45, 7) is 6.52. The maximum Gasteiger partial charge on any atom is 0.216 e. The maximum absolute atomic E-state index is 9.94. The number of rotatable bonds is 4. The summed E-state index contributed by atoms with van der Waals surface area (Å²) < 4.78 is 7.64. The largest absolute Gasteiger partial charge is 0.503 e. The highest BCUT2D eigenvalue weighted by Crippen LogP contribution is 2.34. The molecule has 1 aromatic heterocycles. The Morgan fingerprint density at radius 2 is 1.93 bits per heavy atom. The molecule has 0 saturated heterocycles. The highest BCUT2D eigenvalue weighted by Gasteiger charge is 2.15. The van der Waals surface area contributed by atoms with Crippen molar-refractivity contribution < 1.29 is 9.84 Å². The van der Waals surface area contributed by atoms with Crippen molar-refractivity contribution in [2.45, 2.75) is 26.2 Å². The van der Waals surface area contributed by atoms with Crippen LogP contribution < -0.4 is 4.74 Å². The van der Waals surface area contributed by atoms with Crippen molar-refractivity contribution in [3.05, 3.63) is 56.8 Å². The van der Waals surface area contributed by atoms with Crippen LogP contribution in [0.15, 0.2) is 46.0 Å². The topological polar surface area (TPSA) is 75.4 Å². The number of aromatic hydroxyl groups is 1. The number of H-pyrrole nitrogens is 1. The molecular formula is C20H21BrN4O2S. The lowest BCUT2D eigenvalue weighted by Crippen LogP contribution is -2.10. The van der Waals surface area contributed by atoms with Crippen LogP contribution in [0, 0.1) is 4.77 Å². The van der Waals surface area contributed by atoms with Gasteiger partial charge in [-0.15, -0.1) is 0 Å². The van der Waals surface area contributed by atoms with E-state index >= 15 is 0 Å². The minimum atomic E-state index is 0.0409. The molecule has 1 heterocycles. The van der Waals surface area contributed by atoms with E-state index in [1.165, 1.54) is 12.7 Å². The van der Waals surface area contributed by atoms with E-state index in [0.717, 1.165) is 11.1 Å². The zero-order valence-corrected chi connectivity index (χ0v) is 18.4. The summed E-state index contributed by atoms with van der Waals surface area (Å²) in [5.74, 6) is 1.01. The number of ether oxygens (including phenoxy) is 1. The summed E-state index contributed by atoms with van der Waals surface area (Å²) in [5, 5.41) is 21.5. The quantitative estimate of drug-likeness (QED) is 0.410. The Balaban J connectivity index is 1.97. The average molecular weight is 461 g/mol. The van der Waals surface area contributed by atoms with Gasteiger partial charge < -0.3 is 9.84 Å². The van der Waals surface area contributed by atoms with E-state index in [9.17, 15) is 5.11 Å². The predicted molar refractivity (Wildman–Crippen MR) is 117 cm³/mol. The van der Waals surface area contributed by atoms with Gasteiger partial charge in [0.05, 0.1) is 17.8 Å². The van der Waals surface area contributed by atoms with Gasteiger partial charge in [0.15, 0.2) is 17.3 Å². The lowest BCUT2D eigenvalue weighted by Gasteiger charge is -2.18. The van der Waals surface area contributed by atoms with E-state index in [1.54, 1.807) is 23.0 Å². The van der Waals surface area contributed by atoms with Gasteiger partial charge >= 0.3 is 0 Å². The number of aromatic amines is 1. The molecule has 2 aromatic carbocycles. The highest BCUT2D eigenvalue weighted by atomic mass is 79.9. The molecule has 0 amide bonds. The predicted octanol–water partition coefficient (Wildman–Crippen LogP) is 5.26. The van der Waals surface area contributed by atoms with Gasteiger partial charge in [0.2, 0.25) is 4.77 Å². The van der Waals surface area contributed by atoms with Gasteiger partial charge in [-0.2, -0.15) is 14.9 Å². The molecule has 28 heavy (non-hydrogen) atoms. The first kappa shape index (κ1) is 20.3. The van der Waals surface area contributed by atoms with Gasteiger partial charge in [-0.05, 0) is 56.8 Å². The number of aromatic nitrogens is 3. The minimum absolute atomic E-state index is 0.0409. The van der Waals surface area contributed by atoms with E-state index in [1.807, 2.05) is 12.1 Å². The van der Waals surface area contributed by atoms with Gasteiger partial charge in [0.1, 0.15) is 0 Å². The van der Waals surface area contributed by atoms with Crippen molar-refractivity contribution in [2.24, 2.45) is 5.10 Å². The van der Waals surface area contributed by atoms with E-state index in [4.69, 9.17) is 17.0 Å². The van der Waals surface area contributed by atoms with Crippen molar-refractivity contribution in [1.29, 1.82) is 0 Å². The fourth-order valence-corrected chi connectivity index (χ4v) is 3.29. The lowest BCUT2D eigenvalue weighted by atomic mass is 9.87. The number of benzene rings is 2. The number of phenolic OH excluding ortho intramolecular Hbond substituents is 1. The number of phenols is 1. The molecule has 2 N–H and O–H groups in total. The molecule has 0 fully saturated rings. The number of nitrogens with one attached hydrogen (secondary N) is 1. The Morgan fingerprint density at radius 3 is 2.54 bits per heavy atom. The number of methoxy groups -OCH3 is 1. The molecule has 8 heteroatoms. The Morgan fingerprint density at radius 1 is 1.25 bits per heavy atom. The standard InChI is InChI=1S/C20H21BrN4O2S/c1-20(2,3)14-7-5-13(6-8-14)18-23-24-19(28)25(18)22-11-12-9-15(21)17(26)16(10-12)27-4/h5-11,26H,1-4H3,(H,24,28)/b22-11-. The van der Waals surface area contributed by atoms with Crippen LogP contribution in [-0.2, 0) is 5.41 Å². The number of halogens is 1. The van der Waals surface area contributed by atoms with E-state index < -0.39 is 0 Å². The summed E-state index contributed by atoms with van der Waals surface area (Å²) in [7, 11) is 1.49. The van der Waals surface area contributed by atoms with Crippen molar-refractivity contribution >= 4 is 34.4 Å². The van der Waals surface area contributed by atoms with E-state index in [2.05, 4.69) is 64.1 Å². The van der Waals surface area contributed by atoms with Gasteiger partial charge in [-0.25, -0.2) is 5.10 Å². The number of hydrogen-bond acceptors (Lipinski definition) is 5. The van der Waals surface area contributed by atoms with Crippen LogP contribution in [0.4, 0.5) is 0 Å². The van der Waals surface area contributed by atoms with Crippen LogP contribution in [0.5, 0.6) is 11.5 Å². The SMILES string of the molecule is COc1cc(/C=N\n2c(-c3ccc(C(C)(C)C)cc3)n[nH]c2=S)cc(Br)c1O. The second-order valence-corrected chi connectivity index (χ2v) is 8.53.